The summed E-state index contributed by atoms with van der Waals surface area (Å²) in [6.07, 6.45) is 0.192. The van der Waals surface area contributed by atoms with Gasteiger partial charge in [0.1, 0.15) is 0 Å². The molecule has 0 spiro atoms. The van der Waals surface area contributed by atoms with Gasteiger partial charge in [-0.2, -0.15) is 0 Å². The first-order chi connectivity index (χ1) is 10.5. The molecule has 2 amide bonds. The second kappa shape index (κ2) is 7.49. The molecule has 1 aromatic rings. The molecule has 1 aliphatic rings. The number of para-hydroxylation sites is 1. The summed E-state index contributed by atoms with van der Waals surface area (Å²) < 4.78 is 5.66. The minimum atomic E-state index is -0.00434. The van der Waals surface area contributed by atoms with Gasteiger partial charge in [-0.25, -0.2) is 4.79 Å². The molecule has 0 saturated carbocycles. The van der Waals surface area contributed by atoms with E-state index in [2.05, 4.69) is 29.3 Å². The summed E-state index contributed by atoms with van der Waals surface area (Å²) in [6, 6.07) is 10.4. The maximum absolute atomic E-state index is 12.3. The maximum Gasteiger partial charge on any atom is 0.317 e. The molecule has 1 heterocycles. The number of ether oxygens (including phenoxy) is 1. The van der Waals surface area contributed by atoms with E-state index in [9.17, 15) is 4.79 Å². The van der Waals surface area contributed by atoms with Crippen molar-refractivity contribution in [1.29, 1.82) is 0 Å². The average Bonchev–Trinajstić information content (AvgIpc) is 2.51. The van der Waals surface area contributed by atoms with Crippen LogP contribution in [0, 0.1) is 0 Å². The zero-order valence-corrected chi connectivity index (χ0v) is 14.0. The highest BCUT2D eigenvalue weighted by Gasteiger charge is 2.26. The molecule has 0 aliphatic carbocycles. The predicted octanol–water partition coefficient (Wildman–Crippen LogP) is 2.33. The number of nitrogens with one attached hydrogen (secondary N) is 1. The van der Waals surface area contributed by atoms with Crippen LogP contribution in [0.4, 0.5) is 10.5 Å². The SMILES string of the molecule is C[C@@H]1CN(C(=O)NC[C@H](C)N(C)c2ccccc2)C[C@H](C)O1. The fraction of sp³-hybridized carbons (Fsp3) is 0.588. The van der Waals surface area contributed by atoms with Crippen LogP contribution in [0.25, 0.3) is 0 Å². The Kier molecular flexibility index (Phi) is 5.66. The van der Waals surface area contributed by atoms with Gasteiger partial charge in [0.2, 0.25) is 0 Å². The van der Waals surface area contributed by atoms with Gasteiger partial charge in [-0.1, -0.05) is 18.2 Å². The normalized spacial score (nSPS) is 23.0. The molecule has 122 valence electrons. The Balaban J connectivity index is 1.83. The molecule has 1 aromatic carbocycles. The van der Waals surface area contributed by atoms with E-state index in [-0.39, 0.29) is 24.3 Å². The lowest BCUT2D eigenvalue weighted by Crippen LogP contribution is -2.53. The van der Waals surface area contributed by atoms with Gasteiger partial charge in [0.25, 0.3) is 0 Å². The van der Waals surface area contributed by atoms with Crippen molar-refractivity contribution in [3.63, 3.8) is 0 Å². The first-order valence-corrected chi connectivity index (χ1v) is 7.93. The molecule has 0 unspecified atom stereocenters. The third kappa shape index (κ3) is 4.37. The fourth-order valence-corrected chi connectivity index (χ4v) is 2.75. The number of anilines is 1. The number of benzene rings is 1. The van der Waals surface area contributed by atoms with E-state index < -0.39 is 0 Å². The number of amides is 2. The van der Waals surface area contributed by atoms with E-state index in [0.29, 0.717) is 19.6 Å². The van der Waals surface area contributed by atoms with Gasteiger partial charge in [0.05, 0.1) is 12.2 Å². The number of nitrogens with zero attached hydrogens (tertiary/aromatic N) is 2. The number of hydrogen-bond donors (Lipinski definition) is 1. The van der Waals surface area contributed by atoms with E-state index in [0.717, 1.165) is 5.69 Å². The molecule has 5 nitrogen and oxygen atoms in total. The second-order valence-corrected chi connectivity index (χ2v) is 6.14. The zero-order valence-electron chi connectivity index (χ0n) is 14.0. The minimum Gasteiger partial charge on any atom is -0.372 e. The lowest BCUT2D eigenvalue weighted by atomic mass is 10.2. The molecular formula is C17H27N3O2. The smallest absolute Gasteiger partial charge is 0.317 e. The van der Waals surface area contributed by atoms with Crippen LogP contribution in [0.5, 0.6) is 0 Å². The van der Waals surface area contributed by atoms with Crippen LogP contribution in [0.2, 0.25) is 0 Å². The molecular weight excluding hydrogens is 278 g/mol. The summed E-state index contributed by atoms with van der Waals surface area (Å²) in [5.74, 6) is 0. The van der Waals surface area contributed by atoms with Crippen molar-refractivity contribution in [2.24, 2.45) is 0 Å². The van der Waals surface area contributed by atoms with Gasteiger partial charge >= 0.3 is 6.03 Å². The first-order valence-electron chi connectivity index (χ1n) is 7.93. The second-order valence-electron chi connectivity index (χ2n) is 6.14. The molecule has 1 saturated heterocycles. The summed E-state index contributed by atoms with van der Waals surface area (Å²) >= 11 is 0. The van der Waals surface area contributed by atoms with Crippen molar-refractivity contribution in [2.45, 2.75) is 39.0 Å². The topological polar surface area (TPSA) is 44.8 Å². The van der Waals surface area contributed by atoms with Crippen LogP contribution in [0.3, 0.4) is 0 Å². The zero-order chi connectivity index (χ0) is 16.1. The Morgan fingerprint density at radius 2 is 1.91 bits per heavy atom. The van der Waals surface area contributed by atoms with E-state index >= 15 is 0 Å². The van der Waals surface area contributed by atoms with Gasteiger partial charge in [0, 0.05) is 38.4 Å². The Morgan fingerprint density at radius 3 is 2.50 bits per heavy atom. The maximum atomic E-state index is 12.3. The molecule has 5 heteroatoms. The lowest BCUT2D eigenvalue weighted by molar-refractivity contribution is -0.0545. The summed E-state index contributed by atoms with van der Waals surface area (Å²) in [5, 5.41) is 3.03. The molecule has 2 rings (SSSR count). The Labute approximate surface area is 133 Å². The van der Waals surface area contributed by atoms with Crippen molar-refractivity contribution in [2.75, 3.05) is 31.6 Å². The molecule has 22 heavy (non-hydrogen) atoms. The van der Waals surface area contributed by atoms with Gasteiger partial charge in [-0.05, 0) is 32.9 Å². The lowest BCUT2D eigenvalue weighted by Gasteiger charge is -2.36. The molecule has 1 aliphatic heterocycles. The third-order valence-corrected chi connectivity index (χ3v) is 4.08. The van der Waals surface area contributed by atoms with Crippen LogP contribution in [-0.2, 0) is 4.74 Å². The fourth-order valence-electron chi connectivity index (χ4n) is 2.75. The molecule has 0 radical (unpaired) electrons. The summed E-state index contributed by atoms with van der Waals surface area (Å²) in [6.45, 7) is 8.03. The third-order valence-electron chi connectivity index (χ3n) is 4.08. The number of hydrogen-bond acceptors (Lipinski definition) is 3. The Hall–Kier alpha value is -1.75. The number of carbonyl (C=O) groups is 1. The quantitative estimate of drug-likeness (QED) is 0.928. The highest BCUT2D eigenvalue weighted by Crippen LogP contribution is 2.14. The average molecular weight is 305 g/mol. The van der Waals surface area contributed by atoms with Crippen LogP contribution in [0.1, 0.15) is 20.8 Å². The minimum absolute atomic E-state index is 0.00434. The largest absolute Gasteiger partial charge is 0.372 e. The molecule has 3 atom stereocenters. The van der Waals surface area contributed by atoms with Crippen LogP contribution >= 0.6 is 0 Å². The van der Waals surface area contributed by atoms with Gasteiger partial charge < -0.3 is 19.9 Å². The summed E-state index contributed by atoms with van der Waals surface area (Å²) in [4.78, 5) is 16.3. The number of morpholine rings is 1. The van der Waals surface area contributed by atoms with Crippen LogP contribution in [-0.4, -0.2) is 55.9 Å². The highest BCUT2D eigenvalue weighted by molar-refractivity contribution is 5.74. The van der Waals surface area contributed by atoms with Crippen LogP contribution in [0.15, 0.2) is 30.3 Å². The van der Waals surface area contributed by atoms with Crippen molar-refractivity contribution in [3.05, 3.63) is 30.3 Å². The first kappa shape index (κ1) is 16.6. The predicted molar refractivity (Wildman–Crippen MR) is 89.3 cm³/mol. The van der Waals surface area contributed by atoms with Gasteiger partial charge in [0.15, 0.2) is 0 Å². The summed E-state index contributed by atoms with van der Waals surface area (Å²) in [5.41, 5.74) is 1.15. The van der Waals surface area contributed by atoms with E-state index in [1.165, 1.54) is 0 Å². The molecule has 1 N–H and O–H groups in total. The van der Waals surface area contributed by atoms with E-state index in [4.69, 9.17) is 4.74 Å². The monoisotopic (exact) mass is 305 g/mol. The van der Waals surface area contributed by atoms with Crippen molar-refractivity contribution < 1.29 is 9.53 Å². The standard InChI is InChI=1S/C17H27N3O2/c1-13(19(4)16-8-6-5-7-9-16)10-18-17(21)20-11-14(2)22-15(3)12-20/h5-9,13-15H,10-12H2,1-4H3,(H,18,21)/t13-,14-,15+/m0/s1. The van der Waals surface area contributed by atoms with Crippen molar-refractivity contribution >= 4 is 11.7 Å². The van der Waals surface area contributed by atoms with E-state index in [1.807, 2.05) is 44.0 Å². The Bertz CT molecular complexity index is 470. The Morgan fingerprint density at radius 1 is 1.32 bits per heavy atom. The van der Waals surface area contributed by atoms with Crippen molar-refractivity contribution in [3.8, 4) is 0 Å². The number of carbonyl (C=O) groups excluding carboxylic acids is 1. The van der Waals surface area contributed by atoms with Crippen molar-refractivity contribution in [1.82, 2.24) is 10.2 Å². The van der Waals surface area contributed by atoms with Gasteiger partial charge in [-0.3, -0.25) is 0 Å². The number of urea groups is 1. The molecule has 0 bridgehead atoms. The number of rotatable bonds is 4. The van der Waals surface area contributed by atoms with Crippen LogP contribution < -0.4 is 10.2 Å². The molecule has 0 aromatic heterocycles. The highest BCUT2D eigenvalue weighted by atomic mass is 16.5. The molecule has 1 fully saturated rings. The van der Waals surface area contributed by atoms with Gasteiger partial charge in [-0.15, -0.1) is 0 Å². The number of likely N-dealkylation sites (N-methyl/N-ethyl adjacent to an activating group) is 1. The van der Waals surface area contributed by atoms with E-state index in [1.54, 1.807) is 0 Å². The summed E-state index contributed by atoms with van der Waals surface area (Å²) in [7, 11) is 2.05.